The van der Waals surface area contributed by atoms with Gasteiger partial charge in [0.25, 0.3) is 0 Å². The summed E-state index contributed by atoms with van der Waals surface area (Å²) in [6, 6.07) is 8.96. The highest BCUT2D eigenvalue weighted by atomic mass is 32.2. The zero-order valence-corrected chi connectivity index (χ0v) is 14.6. The van der Waals surface area contributed by atoms with Crippen molar-refractivity contribution in [3.05, 3.63) is 48.0 Å². The first-order valence-corrected chi connectivity index (χ1v) is 9.84. The van der Waals surface area contributed by atoms with Crippen molar-refractivity contribution in [1.82, 2.24) is 10.3 Å². The van der Waals surface area contributed by atoms with E-state index in [1.54, 1.807) is 24.3 Å². The molecule has 2 aliphatic heterocycles. The molecule has 0 saturated carbocycles. The molecule has 2 fully saturated rings. The molecular formula is C16H14FN3O3S2. The van der Waals surface area contributed by atoms with Crippen molar-refractivity contribution in [3.8, 4) is 11.3 Å². The number of sulfone groups is 1. The van der Waals surface area contributed by atoms with Gasteiger partial charge in [-0.25, -0.2) is 17.8 Å². The van der Waals surface area contributed by atoms with Gasteiger partial charge in [-0.15, -0.1) is 0 Å². The van der Waals surface area contributed by atoms with E-state index in [2.05, 4.69) is 10.4 Å². The molecule has 4 rings (SSSR count). The Morgan fingerprint density at radius 2 is 2.00 bits per heavy atom. The standard InChI is InChI=1S/C16H14FN3O3S2/c17-11-3-1-10(2-4-11)15-6-5-12(23-15)7-18-20-14-9-25(21,22)8-13(14)19-16(20)24/h1-7,13-14H,8-9H2,(H,19,24). The van der Waals surface area contributed by atoms with Gasteiger partial charge >= 0.3 is 0 Å². The SMILES string of the molecule is O=S1(=O)CC2NC(=S)N(N=Cc3ccc(-c4ccc(F)cc4)o3)C2C1. The highest BCUT2D eigenvalue weighted by Crippen LogP contribution is 2.25. The van der Waals surface area contributed by atoms with Crippen molar-refractivity contribution in [2.75, 3.05) is 11.5 Å². The first-order valence-electron chi connectivity index (χ1n) is 7.61. The molecule has 1 aromatic carbocycles. The Morgan fingerprint density at radius 1 is 1.24 bits per heavy atom. The minimum absolute atomic E-state index is 0.0289. The number of hydrazone groups is 1. The molecule has 2 saturated heterocycles. The topological polar surface area (TPSA) is 74.9 Å². The summed E-state index contributed by atoms with van der Waals surface area (Å²) in [4.78, 5) is 0. The molecule has 0 amide bonds. The van der Waals surface area contributed by atoms with Crippen molar-refractivity contribution in [2.45, 2.75) is 12.1 Å². The maximum atomic E-state index is 13.0. The van der Waals surface area contributed by atoms with Crippen molar-refractivity contribution in [2.24, 2.45) is 5.10 Å². The van der Waals surface area contributed by atoms with Crippen LogP contribution in [-0.4, -0.2) is 48.3 Å². The molecule has 25 heavy (non-hydrogen) atoms. The minimum atomic E-state index is -3.07. The molecular weight excluding hydrogens is 365 g/mol. The molecule has 2 aliphatic rings. The van der Waals surface area contributed by atoms with Gasteiger partial charge in [0.1, 0.15) is 17.3 Å². The highest BCUT2D eigenvalue weighted by Gasteiger charge is 2.47. The number of thiocarbonyl (C=S) groups is 1. The van der Waals surface area contributed by atoms with E-state index in [0.717, 1.165) is 5.56 Å². The fourth-order valence-electron chi connectivity index (χ4n) is 3.03. The van der Waals surface area contributed by atoms with Crippen LogP contribution in [0.4, 0.5) is 4.39 Å². The lowest BCUT2D eigenvalue weighted by Gasteiger charge is -2.16. The Bertz CT molecular complexity index is 953. The second-order valence-corrected chi connectivity index (χ2v) is 8.54. The van der Waals surface area contributed by atoms with Gasteiger partial charge in [-0.3, -0.25) is 0 Å². The van der Waals surface area contributed by atoms with Crippen LogP contribution < -0.4 is 5.32 Å². The fourth-order valence-corrected chi connectivity index (χ4v) is 5.25. The molecule has 9 heteroatoms. The zero-order chi connectivity index (χ0) is 17.6. The van der Waals surface area contributed by atoms with Crippen LogP contribution in [0.2, 0.25) is 0 Å². The van der Waals surface area contributed by atoms with E-state index in [1.807, 2.05) is 0 Å². The predicted molar refractivity (Wildman–Crippen MR) is 95.5 cm³/mol. The van der Waals surface area contributed by atoms with Gasteiger partial charge in [0, 0.05) is 5.56 Å². The number of nitrogens with zero attached hydrogens (tertiary/aromatic N) is 2. The molecule has 1 N–H and O–H groups in total. The van der Waals surface area contributed by atoms with E-state index in [1.165, 1.54) is 23.4 Å². The van der Waals surface area contributed by atoms with Gasteiger partial charge in [0.2, 0.25) is 0 Å². The normalized spacial score (nSPS) is 24.7. The number of nitrogens with one attached hydrogen (secondary N) is 1. The van der Waals surface area contributed by atoms with Gasteiger partial charge in [-0.1, -0.05) is 0 Å². The Hall–Kier alpha value is -2.26. The second kappa shape index (κ2) is 5.92. The summed E-state index contributed by atoms with van der Waals surface area (Å²) in [7, 11) is -3.07. The lowest BCUT2D eigenvalue weighted by molar-refractivity contribution is 0.373. The Balaban J connectivity index is 1.52. The molecule has 6 nitrogen and oxygen atoms in total. The molecule has 0 radical (unpaired) electrons. The molecule has 130 valence electrons. The molecule has 2 unspecified atom stereocenters. The smallest absolute Gasteiger partial charge is 0.190 e. The molecule has 0 bridgehead atoms. The summed E-state index contributed by atoms with van der Waals surface area (Å²) in [5.41, 5.74) is 0.751. The average Bonchev–Trinajstić information content (AvgIpc) is 3.19. The van der Waals surface area contributed by atoms with Gasteiger partial charge < -0.3 is 9.73 Å². The van der Waals surface area contributed by atoms with E-state index in [4.69, 9.17) is 16.6 Å². The second-order valence-electron chi connectivity index (χ2n) is 6.00. The maximum Gasteiger partial charge on any atom is 0.190 e. The molecule has 1 aromatic heterocycles. The maximum absolute atomic E-state index is 13.0. The number of fused-ring (bicyclic) bond motifs is 1. The van der Waals surface area contributed by atoms with E-state index >= 15 is 0 Å². The van der Waals surface area contributed by atoms with Crippen molar-refractivity contribution in [1.29, 1.82) is 0 Å². The van der Waals surface area contributed by atoms with Crippen molar-refractivity contribution >= 4 is 33.4 Å². The number of halogens is 1. The molecule has 0 spiro atoms. The number of hydrogen-bond donors (Lipinski definition) is 1. The fraction of sp³-hybridized carbons (Fsp3) is 0.250. The molecule has 0 aliphatic carbocycles. The Morgan fingerprint density at radius 3 is 2.76 bits per heavy atom. The van der Waals surface area contributed by atoms with Crippen molar-refractivity contribution < 1.29 is 17.2 Å². The largest absolute Gasteiger partial charge is 0.455 e. The van der Waals surface area contributed by atoms with Gasteiger partial charge in [-0.2, -0.15) is 5.10 Å². The average molecular weight is 379 g/mol. The van der Waals surface area contributed by atoms with E-state index in [0.29, 0.717) is 16.6 Å². The summed E-state index contributed by atoms with van der Waals surface area (Å²) in [5, 5.41) is 9.21. The van der Waals surface area contributed by atoms with Crippen LogP contribution in [0.1, 0.15) is 5.76 Å². The van der Waals surface area contributed by atoms with E-state index in [-0.39, 0.29) is 29.4 Å². The number of benzene rings is 1. The third-order valence-corrected chi connectivity index (χ3v) is 6.24. The van der Waals surface area contributed by atoms with Crippen LogP contribution in [-0.2, 0) is 9.84 Å². The van der Waals surface area contributed by atoms with Crippen LogP contribution in [0.15, 0.2) is 45.9 Å². The molecule has 3 heterocycles. The number of rotatable bonds is 3. The summed E-state index contributed by atoms with van der Waals surface area (Å²) in [6.45, 7) is 0. The first-order chi connectivity index (χ1) is 11.9. The van der Waals surface area contributed by atoms with Gasteiger partial charge in [0.05, 0.1) is 29.8 Å². The minimum Gasteiger partial charge on any atom is -0.455 e. The lowest BCUT2D eigenvalue weighted by Crippen LogP contribution is -2.32. The highest BCUT2D eigenvalue weighted by molar-refractivity contribution is 7.91. The van der Waals surface area contributed by atoms with Crippen LogP contribution in [0.3, 0.4) is 0 Å². The Labute approximate surface area is 149 Å². The molecule has 2 aromatic rings. The van der Waals surface area contributed by atoms with Crippen LogP contribution in [0.25, 0.3) is 11.3 Å². The summed E-state index contributed by atoms with van der Waals surface area (Å²) >= 11 is 5.22. The van der Waals surface area contributed by atoms with Gasteiger partial charge in [0.15, 0.2) is 14.9 Å². The van der Waals surface area contributed by atoms with Gasteiger partial charge in [-0.05, 0) is 48.6 Å². The van der Waals surface area contributed by atoms with E-state index < -0.39 is 9.84 Å². The third-order valence-electron chi connectivity index (χ3n) is 4.22. The summed E-state index contributed by atoms with van der Waals surface area (Å²) in [6.07, 6.45) is 1.49. The summed E-state index contributed by atoms with van der Waals surface area (Å²) < 4.78 is 42.2. The number of hydrogen-bond acceptors (Lipinski definition) is 5. The molecule has 2 atom stereocenters. The van der Waals surface area contributed by atoms with Crippen LogP contribution >= 0.6 is 12.2 Å². The van der Waals surface area contributed by atoms with Crippen LogP contribution in [0.5, 0.6) is 0 Å². The van der Waals surface area contributed by atoms with Crippen molar-refractivity contribution in [3.63, 3.8) is 0 Å². The zero-order valence-electron chi connectivity index (χ0n) is 12.9. The Kier molecular flexibility index (Phi) is 3.84. The first kappa shape index (κ1) is 16.2. The van der Waals surface area contributed by atoms with Crippen LogP contribution in [0, 0.1) is 5.82 Å². The third kappa shape index (κ3) is 3.16. The summed E-state index contributed by atoms with van der Waals surface area (Å²) in [5.74, 6) is 0.866. The quantitative estimate of drug-likeness (QED) is 0.647. The monoisotopic (exact) mass is 379 g/mol. The number of furan rings is 1. The lowest BCUT2D eigenvalue weighted by atomic mass is 10.2. The van der Waals surface area contributed by atoms with E-state index in [9.17, 15) is 12.8 Å². The predicted octanol–water partition coefficient (Wildman–Crippen LogP) is 1.78.